The predicted octanol–water partition coefficient (Wildman–Crippen LogP) is 2.66. The van der Waals surface area contributed by atoms with Crippen molar-refractivity contribution < 1.29 is 5.11 Å². The van der Waals surface area contributed by atoms with Crippen LogP contribution in [-0.2, 0) is 0 Å². The summed E-state index contributed by atoms with van der Waals surface area (Å²) in [7, 11) is 2.16. The van der Waals surface area contributed by atoms with E-state index in [0.29, 0.717) is 6.04 Å². The third-order valence-corrected chi connectivity index (χ3v) is 3.88. The van der Waals surface area contributed by atoms with Crippen LogP contribution in [0.2, 0.25) is 0 Å². The van der Waals surface area contributed by atoms with Crippen LogP contribution in [0.15, 0.2) is 0 Å². The molecule has 0 spiro atoms. The first-order chi connectivity index (χ1) is 6.94. The molecule has 0 bridgehead atoms. The Balaban J connectivity index is 2.42. The molecule has 0 aromatic heterocycles. The molecule has 90 valence electrons. The maximum absolute atomic E-state index is 10.0. The minimum absolute atomic E-state index is 0.518. The number of hydrogen-bond donors (Lipinski definition) is 1. The van der Waals surface area contributed by atoms with Crippen LogP contribution in [0.1, 0.15) is 52.9 Å². The summed E-state index contributed by atoms with van der Waals surface area (Å²) >= 11 is 0. The Morgan fingerprint density at radius 3 is 2.60 bits per heavy atom. The van der Waals surface area contributed by atoms with Gasteiger partial charge >= 0.3 is 0 Å². The Hall–Kier alpha value is -0.0800. The van der Waals surface area contributed by atoms with Gasteiger partial charge in [-0.1, -0.05) is 26.7 Å². The largest absolute Gasteiger partial charge is 0.389 e. The smallest absolute Gasteiger partial charge is 0.0743 e. The van der Waals surface area contributed by atoms with E-state index in [2.05, 4.69) is 25.8 Å². The fourth-order valence-electron chi connectivity index (χ4n) is 2.58. The van der Waals surface area contributed by atoms with E-state index in [1.807, 2.05) is 6.92 Å². The van der Waals surface area contributed by atoms with Crippen molar-refractivity contribution in [3.63, 3.8) is 0 Å². The van der Waals surface area contributed by atoms with E-state index in [-0.39, 0.29) is 0 Å². The molecule has 1 N–H and O–H groups in total. The molecule has 0 aromatic carbocycles. The number of rotatable bonds is 4. The van der Waals surface area contributed by atoms with E-state index in [0.717, 1.165) is 18.9 Å². The second-order valence-corrected chi connectivity index (χ2v) is 5.69. The summed E-state index contributed by atoms with van der Waals surface area (Å²) in [4.78, 5) is 2.36. The van der Waals surface area contributed by atoms with Crippen molar-refractivity contribution in [3.05, 3.63) is 0 Å². The Labute approximate surface area is 94.7 Å². The fraction of sp³-hybridized carbons (Fsp3) is 1.00. The quantitative estimate of drug-likeness (QED) is 0.776. The zero-order chi connectivity index (χ0) is 11.5. The molecule has 0 aliphatic heterocycles. The molecule has 0 saturated heterocycles. The second kappa shape index (κ2) is 5.31. The molecular formula is C13H27NO. The minimum atomic E-state index is -0.518. The molecule has 1 aliphatic carbocycles. The van der Waals surface area contributed by atoms with Crippen LogP contribution in [0.25, 0.3) is 0 Å². The van der Waals surface area contributed by atoms with Crippen LogP contribution in [0.4, 0.5) is 0 Å². The molecule has 3 unspecified atom stereocenters. The Bertz CT molecular complexity index is 191. The van der Waals surface area contributed by atoms with Gasteiger partial charge in [0.2, 0.25) is 0 Å². The first-order valence-corrected chi connectivity index (χ1v) is 6.37. The van der Waals surface area contributed by atoms with Gasteiger partial charge < -0.3 is 10.0 Å². The Kier molecular flexibility index (Phi) is 4.60. The third-order valence-electron chi connectivity index (χ3n) is 3.88. The van der Waals surface area contributed by atoms with Crippen LogP contribution in [0.5, 0.6) is 0 Å². The monoisotopic (exact) mass is 213 g/mol. The van der Waals surface area contributed by atoms with Crippen molar-refractivity contribution >= 4 is 0 Å². The van der Waals surface area contributed by atoms with Gasteiger partial charge in [0.1, 0.15) is 0 Å². The van der Waals surface area contributed by atoms with Gasteiger partial charge in [-0.15, -0.1) is 0 Å². The zero-order valence-electron chi connectivity index (χ0n) is 10.8. The zero-order valence-corrected chi connectivity index (χ0v) is 10.8. The molecular weight excluding hydrogens is 186 g/mol. The molecule has 0 heterocycles. The maximum Gasteiger partial charge on any atom is 0.0743 e. The molecule has 1 fully saturated rings. The van der Waals surface area contributed by atoms with Crippen molar-refractivity contribution in [1.82, 2.24) is 4.90 Å². The summed E-state index contributed by atoms with van der Waals surface area (Å²) in [5.74, 6) is 0.859. The summed E-state index contributed by atoms with van der Waals surface area (Å²) in [6.07, 6.45) is 6.18. The van der Waals surface area contributed by atoms with Gasteiger partial charge in [-0.3, -0.25) is 0 Å². The first-order valence-electron chi connectivity index (χ1n) is 6.37. The fourth-order valence-corrected chi connectivity index (χ4v) is 2.58. The molecule has 0 amide bonds. The van der Waals surface area contributed by atoms with Gasteiger partial charge in [-0.05, 0) is 39.2 Å². The molecule has 1 aliphatic rings. The van der Waals surface area contributed by atoms with Gasteiger partial charge in [-0.25, -0.2) is 0 Å². The third kappa shape index (κ3) is 4.12. The lowest BCUT2D eigenvalue weighted by atomic mass is 9.86. The highest BCUT2D eigenvalue weighted by Crippen LogP contribution is 2.27. The summed E-state index contributed by atoms with van der Waals surface area (Å²) < 4.78 is 0. The normalized spacial score (nSPS) is 31.6. The number of nitrogens with zero attached hydrogens (tertiary/aromatic N) is 1. The summed E-state index contributed by atoms with van der Waals surface area (Å²) in [5, 5.41) is 10.0. The van der Waals surface area contributed by atoms with E-state index < -0.39 is 5.60 Å². The molecule has 1 saturated carbocycles. The predicted molar refractivity (Wildman–Crippen MR) is 65.0 cm³/mol. The van der Waals surface area contributed by atoms with Crippen molar-refractivity contribution in [2.24, 2.45) is 5.92 Å². The highest BCUT2D eigenvalue weighted by atomic mass is 16.3. The van der Waals surface area contributed by atoms with Crippen molar-refractivity contribution in [2.45, 2.75) is 64.5 Å². The van der Waals surface area contributed by atoms with Crippen molar-refractivity contribution in [2.75, 3.05) is 13.6 Å². The highest BCUT2D eigenvalue weighted by Gasteiger charge is 2.27. The SMILES string of the molecule is CCC(C)(O)CN(C)C1CCCC(C)C1. The molecule has 0 radical (unpaired) electrons. The van der Waals surface area contributed by atoms with Crippen LogP contribution in [0, 0.1) is 5.92 Å². The number of aliphatic hydroxyl groups is 1. The van der Waals surface area contributed by atoms with E-state index in [4.69, 9.17) is 0 Å². The lowest BCUT2D eigenvalue weighted by Crippen LogP contribution is -2.44. The van der Waals surface area contributed by atoms with Gasteiger partial charge in [0.25, 0.3) is 0 Å². The van der Waals surface area contributed by atoms with Gasteiger partial charge in [0, 0.05) is 12.6 Å². The molecule has 15 heavy (non-hydrogen) atoms. The molecule has 2 heteroatoms. The van der Waals surface area contributed by atoms with E-state index in [9.17, 15) is 5.11 Å². The maximum atomic E-state index is 10.0. The van der Waals surface area contributed by atoms with Gasteiger partial charge in [0.05, 0.1) is 5.60 Å². The van der Waals surface area contributed by atoms with E-state index in [1.165, 1.54) is 25.7 Å². The topological polar surface area (TPSA) is 23.5 Å². The minimum Gasteiger partial charge on any atom is -0.389 e. The molecule has 3 atom stereocenters. The summed E-state index contributed by atoms with van der Waals surface area (Å²) in [6.45, 7) is 7.14. The van der Waals surface area contributed by atoms with E-state index >= 15 is 0 Å². The van der Waals surface area contributed by atoms with Crippen LogP contribution in [-0.4, -0.2) is 35.2 Å². The van der Waals surface area contributed by atoms with E-state index in [1.54, 1.807) is 0 Å². The average Bonchev–Trinajstić information content (AvgIpc) is 2.17. The number of likely N-dealkylation sites (N-methyl/N-ethyl adjacent to an activating group) is 1. The summed E-state index contributed by atoms with van der Waals surface area (Å²) in [5.41, 5.74) is -0.518. The molecule has 0 aromatic rings. The van der Waals surface area contributed by atoms with Crippen LogP contribution < -0.4 is 0 Å². The second-order valence-electron chi connectivity index (χ2n) is 5.69. The molecule has 1 rings (SSSR count). The highest BCUT2D eigenvalue weighted by molar-refractivity contribution is 4.82. The summed E-state index contributed by atoms with van der Waals surface area (Å²) in [6, 6.07) is 0.687. The van der Waals surface area contributed by atoms with Crippen molar-refractivity contribution in [3.8, 4) is 0 Å². The van der Waals surface area contributed by atoms with Gasteiger partial charge in [0.15, 0.2) is 0 Å². The lowest BCUT2D eigenvalue weighted by molar-refractivity contribution is 0.00436. The Morgan fingerprint density at radius 1 is 1.40 bits per heavy atom. The Morgan fingerprint density at radius 2 is 2.07 bits per heavy atom. The molecule has 2 nitrogen and oxygen atoms in total. The average molecular weight is 213 g/mol. The number of hydrogen-bond acceptors (Lipinski definition) is 2. The lowest BCUT2D eigenvalue weighted by Gasteiger charge is -2.37. The van der Waals surface area contributed by atoms with Gasteiger partial charge in [-0.2, -0.15) is 0 Å². The van der Waals surface area contributed by atoms with Crippen LogP contribution >= 0.6 is 0 Å². The first kappa shape index (κ1) is 13.0. The van der Waals surface area contributed by atoms with Crippen LogP contribution in [0.3, 0.4) is 0 Å². The standard InChI is InChI=1S/C13H27NO/c1-5-13(3,15)10-14(4)12-8-6-7-11(2)9-12/h11-12,15H,5-10H2,1-4H3. The van der Waals surface area contributed by atoms with Crippen molar-refractivity contribution in [1.29, 1.82) is 0 Å².